The van der Waals surface area contributed by atoms with Gasteiger partial charge in [-0.25, -0.2) is 0 Å². The number of unbranched alkanes of at least 4 members (excludes halogenated alkanes) is 23. The maximum atomic E-state index is 12.9. The number of nitrogens with one attached hydrogen (secondary N) is 1. The number of rotatable bonds is 33. The van der Waals surface area contributed by atoms with Crippen LogP contribution in [-0.4, -0.2) is 87.5 Å². The molecule has 0 aromatic carbocycles. The Morgan fingerprint density at radius 3 is 1.59 bits per heavy atom. The molecule has 0 saturated carbocycles. The van der Waals surface area contributed by atoms with Gasteiger partial charge >= 0.3 is 0 Å². The molecule has 9 nitrogen and oxygen atoms in total. The number of hydrogen-bond acceptors (Lipinski definition) is 8. The summed E-state index contributed by atoms with van der Waals surface area (Å²) in [5.41, 5.74) is 0. The van der Waals surface area contributed by atoms with Crippen molar-refractivity contribution in [2.45, 2.75) is 224 Å². The largest absolute Gasteiger partial charge is 0.394 e. The van der Waals surface area contributed by atoms with Crippen LogP contribution in [0.3, 0.4) is 0 Å². The molecule has 0 aromatic rings. The van der Waals surface area contributed by atoms with E-state index in [1.165, 1.54) is 122 Å². The van der Waals surface area contributed by atoms with Gasteiger partial charge in [0.05, 0.1) is 25.4 Å². The van der Waals surface area contributed by atoms with Crippen molar-refractivity contribution in [1.82, 2.24) is 5.32 Å². The number of hydrogen-bond donors (Lipinski definition) is 6. The van der Waals surface area contributed by atoms with Crippen molar-refractivity contribution in [1.29, 1.82) is 0 Å². The first-order valence-electron chi connectivity index (χ1n) is 20.4. The predicted molar refractivity (Wildman–Crippen MR) is 198 cm³/mol. The first kappa shape index (κ1) is 46.0. The lowest BCUT2D eigenvalue weighted by molar-refractivity contribution is -0.302. The maximum Gasteiger partial charge on any atom is 0.220 e. The van der Waals surface area contributed by atoms with Gasteiger partial charge in [-0.15, -0.1) is 0 Å². The average Bonchev–Trinajstić information content (AvgIpc) is 3.10. The normalized spacial score (nSPS) is 22.5. The second-order valence-corrected chi connectivity index (χ2v) is 14.4. The molecule has 0 aromatic heterocycles. The fourth-order valence-corrected chi connectivity index (χ4v) is 6.51. The summed E-state index contributed by atoms with van der Waals surface area (Å²) in [4.78, 5) is 12.9. The number of amides is 1. The van der Waals surface area contributed by atoms with Gasteiger partial charge in [-0.1, -0.05) is 167 Å². The quantitative estimate of drug-likeness (QED) is 0.0307. The minimum atomic E-state index is -1.56. The van der Waals surface area contributed by atoms with Gasteiger partial charge in [0.2, 0.25) is 5.91 Å². The number of ether oxygens (including phenoxy) is 2. The molecule has 1 aliphatic heterocycles. The molecule has 1 aliphatic rings. The minimum absolute atomic E-state index is 0.177. The third-order valence-corrected chi connectivity index (χ3v) is 9.86. The highest BCUT2D eigenvalue weighted by Gasteiger charge is 2.44. The van der Waals surface area contributed by atoms with Gasteiger partial charge in [-0.2, -0.15) is 0 Å². The fraction of sp³-hybridized carbons (Fsp3) is 0.925. The van der Waals surface area contributed by atoms with E-state index in [9.17, 15) is 30.3 Å². The smallest absolute Gasteiger partial charge is 0.220 e. The molecule has 0 bridgehead atoms. The minimum Gasteiger partial charge on any atom is -0.394 e. The Morgan fingerprint density at radius 2 is 1.12 bits per heavy atom. The van der Waals surface area contributed by atoms with Crippen LogP contribution in [0.25, 0.3) is 0 Å². The van der Waals surface area contributed by atoms with Crippen molar-refractivity contribution in [3.63, 3.8) is 0 Å². The van der Waals surface area contributed by atoms with E-state index in [1.807, 2.05) is 6.08 Å². The fourth-order valence-electron chi connectivity index (χ4n) is 6.51. The Kier molecular flexibility index (Phi) is 29.7. The van der Waals surface area contributed by atoms with Crippen LogP contribution in [0.4, 0.5) is 0 Å². The van der Waals surface area contributed by atoms with Gasteiger partial charge in [0, 0.05) is 6.42 Å². The predicted octanol–water partition coefficient (Wildman–Crippen LogP) is 7.39. The summed E-state index contributed by atoms with van der Waals surface area (Å²) in [5.74, 6) is -0.177. The zero-order chi connectivity index (χ0) is 36.0. The second-order valence-electron chi connectivity index (χ2n) is 14.4. The van der Waals surface area contributed by atoms with Crippen LogP contribution < -0.4 is 5.32 Å². The molecule has 1 heterocycles. The molecule has 7 atom stereocenters. The molecular weight excluding hydrogens is 622 g/mol. The molecule has 1 rings (SSSR count). The lowest BCUT2D eigenvalue weighted by Gasteiger charge is -2.40. The van der Waals surface area contributed by atoms with Gasteiger partial charge in [0.1, 0.15) is 24.4 Å². The molecule has 9 heteroatoms. The topological polar surface area (TPSA) is 149 Å². The summed E-state index contributed by atoms with van der Waals surface area (Å²) < 4.78 is 11.2. The highest BCUT2D eigenvalue weighted by atomic mass is 16.7. The van der Waals surface area contributed by atoms with Crippen molar-refractivity contribution in [3.05, 3.63) is 12.2 Å². The molecule has 290 valence electrons. The molecule has 49 heavy (non-hydrogen) atoms. The summed E-state index contributed by atoms with van der Waals surface area (Å²) in [6, 6.07) is -0.796. The Balaban J connectivity index is 2.40. The molecule has 0 radical (unpaired) electrons. The van der Waals surface area contributed by atoms with Crippen LogP contribution in [0.2, 0.25) is 0 Å². The number of aliphatic hydroxyl groups is 5. The lowest BCUT2D eigenvalue weighted by Crippen LogP contribution is -2.60. The van der Waals surface area contributed by atoms with E-state index in [0.29, 0.717) is 6.42 Å². The van der Waals surface area contributed by atoms with Crippen LogP contribution in [0, 0.1) is 0 Å². The summed E-state index contributed by atoms with van der Waals surface area (Å²) in [6.45, 7) is 3.75. The molecule has 1 saturated heterocycles. The van der Waals surface area contributed by atoms with E-state index >= 15 is 0 Å². The first-order chi connectivity index (χ1) is 23.8. The Bertz CT molecular complexity index is 781. The SMILES string of the molecule is CCCCCCCCCCC/C=C\[C@@H](O)[C@H](CO[C@@H]1O[C@H](CO)[C@H](O)[C@H](O)[C@H]1O)NC(=O)CCCCCCCCCCCCCCCCC. The van der Waals surface area contributed by atoms with E-state index < -0.39 is 49.5 Å². The maximum absolute atomic E-state index is 12.9. The van der Waals surface area contributed by atoms with Gasteiger partial charge < -0.3 is 40.3 Å². The second kappa shape index (κ2) is 31.6. The van der Waals surface area contributed by atoms with Crippen molar-refractivity contribution < 1.29 is 39.8 Å². The van der Waals surface area contributed by atoms with Crippen molar-refractivity contribution >= 4 is 5.91 Å². The molecule has 0 unspecified atom stereocenters. The third kappa shape index (κ3) is 23.2. The van der Waals surface area contributed by atoms with E-state index in [-0.39, 0.29) is 12.5 Å². The lowest BCUT2D eigenvalue weighted by atomic mass is 9.99. The van der Waals surface area contributed by atoms with Gasteiger partial charge in [0.25, 0.3) is 0 Å². The zero-order valence-corrected chi connectivity index (χ0v) is 31.5. The van der Waals surface area contributed by atoms with Crippen LogP contribution >= 0.6 is 0 Å². The van der Waals surface area contributed by atoms with E-state index in [1.54, 1.807) is 6.08 Å². The monoisotopic (exact) mass is 700 g/mol. The zero-order valence-electron chi connectivity index (χ0n) is 31.5. The van der Waals surface area contributed by atoms with Crippen LogP contribution in [0.5, 0.6) is 0 Å². The molecule has 6 N–H and O–H groups in total. The summed E-state index contributed by atoms with van der Waals surface area (Å²) in [5, 5.41) is 53.9. The number of carbonyl (C=O) groups is 1. The molecule has 1 fully saturated rings. The summed E-state index contributed by atoms with van der Waals surface area (Å²) in [7, 11) is 0. The third-order valence-electron chi connectivity index (χ3n) is 9.86. The van der Waals surface area contributed by atoms with Gasteiger partial charge in [0.15, 0.2) is 6.29 Å². The Morgan fingerprint density at radius 1 is 0.673 bits per heavy atom. The van der Waals surface area contributed by atoms with Crippen molar-refractivity contribution in [3.8, 4) is 0 Å². The number of allylic oxidation sites excluding steroid dienone is 1. The van der Waals surface area contributed by atoms with Gasteiger partial charge in [-0.3, -0.25) is 4.79 Å². The van der Waals surface area contributed by atoms with E-state index in [0.717, 1.165) is 38.5 Å². The van der Waals surface area contributed by atoms with Crippen LogP contribution in [0.1, 0.15) is 181 Å². The molecule has 1 amide bonds. The molecular formula is C40H77NO8. The van der Waals surface area contributed by atoms with E-state index in [4.69, 9.17) is 9.47 Å². The van der Waals surface area contributed by atoms with E-state index in [2.05, 4.69) is 19.2 Å². The average molecular weight is 700 g/mol. The van der Waals surface area contributed by atoms with Crippen LogP contribution in [0.15, 0.2) is 12.2 Å². The van der Waals surface area contributed by atoms with Crippen molar-refractivity contribution in [2.24, 2.45) is 0 Å². The molecule has 0 spiro atoms. The van der Waals surface area contributed by atoms with Crippen LogP contribution in [-0.2, 0) is 14.3 Å². The summed E-state index contributed by atoms with van der Waals surface area (Å²) in [6.07, 6.45) is 26.8. The Labute approximate surface area is 299 Å². The van der Waals surface area contributed by atoms with Gasteiger partial charge in [-0.05, 0) is 19.3 Å². The number of aliphatic hydroxyl groups excluding tert-OH is 5. The highest BCUT2D eigenvalue weighted by Crippen LogP contribution is 2.22. The standard InChI is InChI=1S/C40H77NO8/c1-3-5-7-9-11-13-15-16-17-18-20-22-24-26-28-30-36(44)41-33(32-48-40-39(47)38(46)37(45)35(31-42)49-40)34(43)29-27-25-23-21-19-14-12-10-8-6-4-2/h27,29,33-35,37-40,42-43,45-47H,3-26,28,30-32H2,1-2H3,(H,41,44)/b29-27-/t33-,34+,35+,37-,38-,39+,40+/m0/s1. The first-order valence-corrected chi connectivity index (χ1v) is 20.4. The molecule has 0 aliphatic carbocycles. The number of carbonyl (C=O) groups excluding carboxylic acids is 1. The Hall–Kier alpha value is -1.07. The highest BCUT2D eigenvalue weighted by molar-refractivity contribution is 5.76. The van der Waals surface area contributed by atoms with Crippen molar-refractivity contribution in [2.75, 3.05) is 13.2 Å². The summed E-state index contributed by atoms with van der Waals surface area (Å²) >= 11 is 0.